The molecule has 1 unspecified atom stereocenters. The minimum atomic E-state index is 0.0647. The SMILES string of the molecule is COc1cc(N2CCOCC2C=S)cc(Br)c1O. The van der Waals surface area contributed by atoms with Crippen LogP contribution in [0.25, 0.3) is 0 Å². The molecule has 1 aliphatic heterocycles. The summed E-state index contributed by atoms with van der Waals surface area (Å²) in [5.74, 6) is 0.544. The van der Waals surface area contributed by atoms with E-state index in [2.05, 4.69) is 20.8 Å². The molecule has 0 amide bonds. The number of halogens is 1. The molecule has 0 aliphatic carbocycles. The van der Waals surface area contributed by atoms with Gasteiger partial charge in [-0.05, 0) is 22.0 Å². The van der Waals surface area contributed by atoms with Gasteiger partial charge in [0.25, 0.3) is 0 Å². The van der Waals surface area contributed by atoms with E-state index in [-0.39, 0.29) is 11.8 Å². The average molecular weight is 332 g/mol. The Balaban J connectivity index is 2.37. The Bertz CT molecular complexity index is 455. The number of hydrogen-bond acceptors (Lipinski definition) is 5. The number of phenolic OH excluding ortho intramolecular Hbond substituents is 1. The first-order valence-corrected chi connectivity index (χ1v) is 6.80. The molecule has 0 aromatic heterocycles. The quantitative estimate of drug-likeness (QED) is 0.861. The zero-order chi connectivity index (χ0) is 13.1. The number of thiocarbonyl (C=S) groups is 1. The highest BCUT2D eigenvalue weighted by Crippen LogP contribution is 2.38. The number of anilines is 1. The fourth-order valence-electron chi connectivity index (χ4n) is 1.94. The average Bonchev–Trinajstić information content (AvgIpc) is 2.41. The van der Waals surface area contributed by atoms with Crippen LogP contribution in [0.5, 0.6) is 11.5 Å². The molecule has 1 heterocycles. The molecule has 4 nitrogen and oxygen atoms in total. The first-order valence-electron chi connectivity index (χ1n) is 5.53. The van der Waals surface area contributed by atoms with Crippen LogP contribution in [-0.4, -0.2) is 43.4 Å². The third kappa shape index (κ3) is 2.60. The van der Waals surface area contributed by atoms with Crippen molar-refractivity contribution in [3.05, 3.63) is 16.6 Å². The van der Waals surface area contributed by atoms with Gasteiger partial charge in [-0.1, -0.05) is 12.2 Å². The molecule has 0 bridgehead atoms. The number of morpholine rings is 1. The fourth-order valence-corrected chi connectivity index (χ4v) is 2.59. The molecule has 2 rings (SSSR count). The van der Waals surface area contributed by atoms with Crippen molar-refractivity contribution in [1.29, 1.82) is 0 Å². The van der Waals surface area contributed by atoms with Crippen molar-refractivity contribution in [2.24, 2.45) is 0 Å². The molecular weight excluding hydrogens is 318 g/mol. The van der Waals surface area contributed by atoms with E-state index in [4.69, 9.17) is 21.7 Å². The Kier molecular flexibility index (Phi) is 4.42. The number of phenols is 1. The van der Waals surface area contributed by atoms with Crippen LogP contribution in [0.4, 0.5) is 5.69 Å². The molecule has 18 heavy (non-hydrogen) atoms. The van der Waals surface area contributed by atoms with Crippen LogP contribution in [0, 0.1) is 0 Å². The number of ether oxygens (including phenoxy) is 2. The molecule has 1 saturated heterocycles. The second-order valence-corrected chi connectivity index (χ2v) is 5.08. The standard InChI is InChI=1S/C12H14BrNO3S/c1-16-11-5-8(4-10(13)12(11)15)14-2-3-17-6-9(14)7-18/h4-5,7,9,15H,2-3,6H2,1H3. The Morgan fingerprint density at radius 2 is 2.39 bits per heavy atom. The molecular formula is C12H14BrNO3S. The highest BCUT2D eigenvalue weighted by atomic mass is 79.9. The summed E-state index contributed by atoms with van der Waals surface area (Å²) in [6.07, 6.45) is 0. The van der Waals surface area contributed by atoms with Gasteiger partial charge in [-0.3, -0.25) is 0 Å². The second kappa shape index (κ2) is 5.86. The molecule has 98 valence electrons. The summed E-state index contributed by atoms with van der Waals surface area (Å²) in [7, 11) is 1.53. The van der Waals surface area contributed by atoms with Gasteiger partial charge in [-0.2, -0.15) is 0 Å². The predicted molar refractivity (Wildman–Crippen MR) is 78.0 cm³/mol. The highest BCUT2D eigenvalue weighted by molar-refractivity contribution is 9.10. The predicted octanol–water partition coefficient (Wildman–Crippen LogP) is 2.37. The summed E-state index contributed by atoms with van der Waals surface area (Å²) in [4.78, 5) is 2.14. The van der Waals surface area contributed by atoms with E-state index in [1.807, 2.05) is 6.07 Å². The lowest BCUT2D eigenvalue weighted by molar-refractivity contribution is 0.111. The topological polar surface area (TPSA) is 41.9 Å². The van der Waals surface area contributed by atoms with Crippen molar-refractivity contribution in [3.8, 4) is 11.5 Å². The number of nitrogens with zero attached hydrogens (tertiary/aromatic N) is 1. The summed E-state index contributed by atoms with van der Waals surface area (Å²) >= 11 is 8.35. The summed E-state index contributed by atoms with van der Waals surface area (Å²) < 4.78 is 11.2. The lowest BCUT2D eigenvalue weighted by Crippen LogP contribution is -2.46. The van der Waals surface area contributed by atoms with Crippen molar-refractivity contribution in [3.63, 3.8) is 0 Å². The lowest BCUT2D eigenvalue weighted by atomic mass is 10.2. The first kappa shape index (κ1) is 13.6. The van der Waals surface area contributed by atoms with Gasteiger partial charge in [0.1, 0.15) is 0 Å². The zero-order valence-electron chi connectivity index (χ0n) is 9.93. The third-order valence-corrected chi connectivity index (χ3v) is 3.81. The molecule has 1 aromatic carbocycles. The van der Waals surface area contributed by atoms with Crippen molar-refractivity contribution in [2.45, 2.75) is 6.04 Å². The minimum Gasteiger partial charge on any atom is -0.503 e. The number of methoxy groups -OCH3 is 1. The molecule has 1 aromatic rings. The van der Waals surface area contributed by atoms with Crippen LogP contribution in [0.3, 0.4) is 0 Å². The minimum absolute atomic E-state index is 0.0647. The molecule has 0 radical (unpaired) electrons. The van der Waals surface area contributed by atoms with Gasteiger partial charge < -0.3 is 19.5 Å². The van der Waals surface area contributed by atoms with Gasteiger partial charge in [-0.15, -0.1) is 0 Å². The van der Waals surface area contributed by atoms with Gasteiger partial charge >= 0.3 is 0 Å². The van der Waals surface area contributed by atoms with Crippen LogP contribution in [0.1, 0.15) is 0 Å². The van der Waals surface area contributed by atoms with Crippen LogP contribution < -0.4 is 9.64 Å². The van der Waals surface area contributed by atoms with E-state index in [1.165, 1.54) is 7.11 Å². The number of aromatic hydroxyl groups is 1. The maximum atomic E-state index is 9.80. The summed E-state index contributed by atoms with van der Waals surface area (Å²) in [5.41, 5.74) is 0.950. The van der Waals surface area contributed by atoms with Gasteiger partial charge in [0.05, 0.1) is 30.8 Å². The monoisotopic (exact) mass is 331 g/mol. The first-order chi connectivity index (χ1) is 8.67. The molecule has 1 fully saturated rings. The van der Waals surface area contributed by atoms with Crippen LogP contribution in [0.15, 0.2) is 16.6 Å². The normalized spacial score (nSPS) is 19.7. The second-order valence-electron chi connectivity index (χ2n) is 3.95. The summed E-state index contributed by atoms with van der Waals surface area (Å²) in [6.45, 7) is 2.02. The van der Waals surface area contributed by atoms with Crippen molar-refractivity contribution in [2.75, 3.05) is 31.8 Å². The van der Waals surface area contributed by atoms with Crippen LogP contribution in [-0.2, 0) is 4.74 Å². The smallest absolute Gasteiger partial charge is 0.172 e. The van der Waals surface area contributed by atoms with E-state index in [9.17, 15) is 5.11 Å². The molecule has 6 heteroatoms. The molecule has 1 atom stereocenters. The third-order valence-electron chi connectivity index (χ3n) is 2.89. The van der Waals surface area contributed by atoms with E-state index in [0.29, 0.717) is 23.4 Å². The van der Waals surface area contributed by atoms with Crippen molar-refractivity contribution >= 4 is 39.2 Å². The Morgan fingerprint density at radius 3 is 3.06 bits per heavy atom. The van der Waals surface area contributed by atoms with E-state index >= 15 is 0 Å². The van der Waals surface area contributed by atoms with Gasteiger partial charge in [-0.25, -0.2) is 0 Å². The van der Waals surface area contributed by atoms with E-state index in [0.717, 1.165) is 12.2 Å². The number of hydrogen-bond donors (Lipinski definition) is 1. The van der Waals surface area contributed by atoms with E-state index in [1.54, 1.807) is 11.4 Å². The maximum Gasteiger partial charge on any atom is 0.172 e. The number of benzene rings is 1. The summed E-state index contributed by atoms with van der Waals surface area (Å²) in [6, 6.07) is 3.72. The molecule has 1 aliphatic rings. The van der Waals surface area contributed by atoms with Crippen LogP contribution in [0.2, 0.25) is 0 Å². The Morgan fingerprint density at radius 1 is 1.61 bits per heavy atom. The van der Waals surface area contributed by atoms with Crippen molar-refractivity contribution in [1.82, 2.24) is 0 Å². The Hall–Kier alpha value is -0.850. The summed E-state index contributed by atoms with van der Waals surface area (Å²) in [5, 5.41) is 11.5. The Labute approximate surface area is 120 Å². The van der Waals surface area contributed by atoms with Crippen LogP contribution >= 0.6 is 28.1 Å². The number of rotatable bonds is 3. The molecule has 0 spiro atoms. The molecule has 1 N–H and O–H groups in total. The van der Waals surface area contributed by atoms with Crippen molar-refractivity contribution < 1.29 is 14.6 Å². The maximum absolute atomic E-state index is 9.80. The molecule has 0 saturated carbocycles. The lowest BCUT2D eigenvalue weighted by Gasteiger charge is -2.35. The van der Waals surface area contributed by atoms with E-state index < -0.39 is 0 Å². The van der Waals surface area contributed by atoms with Gasteiger partial charge in [0.15, 0.2) is 11.5 Å². The fraction of sp³-hybridized carbons (Fsp3) is 0.417. The largest absolute Gasteiger partial charge is 0.503 e. The van der Waals surface area contributed by atoms with Gasteiger partial charge in [0, 0.05) is 23.7 Å². The van der Waals surface area contributed by atoms with Gasteiger partial charge in [0.2, 0.25) is 0 Å². The zero-order valence-corrected chi connectivity index (χ0v) is 12.3. The highest BCUT2D eigenvalue weighted by Gasteiger charge is 2.23.